The van der Waals surface area contributed by atoms with Crippen LogP contribution in [0.1, 0.15) is 55.2 Å². The van der Waals surface area contributed by atoms with Crippen LogP contribution in [-0.2, 0) is 0 Å². The summed E-state index contributed by atoms with van der Waals surface area (Å²) < 4.78 is 115. The van der Waals surface area contributed by atoms with Gasteiger partial charge in [0.1, 0.15) is 23.7 Å². The fourth-order valence-electron chi connectivity index (χ4n) is 3.34. The molecule has 0 unspecified atom stereocenters. The van der Waals surface area contributed by atoms with Crippen molar-refractivity contribution in [3.63, 3.8) is 0 Å². The van der Waals surface area contributed by atoms with E-state index in [1.54, 1.807) is 6.07 Å². The summed E-state index contributed by atoms with van der Waals surface area (Å²) in [5.41, 5.74) is 0.157. The Morgan fingerprint density at radius 3 is 3.07 bits per heavy atom. The second-order valence-electron chi connectivity index (χ2n) is 6.33. The largest absolute Gasteiger partial charge is 0.342 e. The first-order valence-electron chi connectivity index (χ1n) is 14.7. The number of imidazole rings is 1. The van der Waals surface area contributed by atoms with Gasteiger partial charge in [-0.1, -0.05) is 19.0 Å². The SMILES string of the molecule is [2H]C([2H])([2H])C([2H])([2H])[C@@H]1c2nncn2-c2cnc(-n3ccnc3-c3cccc(F)c3)nc2N1C([2H])(C([2H])([2H])[2H])C([2H])([2H])[2H]. The molecule has 0 aliphatic carbocycles. The quantitative estimate of drug-likeness (QED) is 0.504. The van der Waals surface area contributed by atoms with Crippen molar-refractivity contribution in [2.45, 2.75) is 39.0 Å². The van der Waals surface area contributed by atoms with Crippen molar-refractivity contribution >= 4 is 5.82 Å². The second kappa shape index (κ2) is 7.01. The monoisotopic (exact) mass is 416 g/mol. The summed E-state index contributed by atoms with van der Waals surface area (Å²) in [7, 11) is 0. The van der Waals surface area contributed by atoms with Crippen molar-refractivity contribution in [1.82, 2.24) is 34.3 Å². The van der Waals surface area contributed by atoms with Crippen LogP contribution < -0.4 is 4.90 Å². The van der Waals surface area contributed by atoms with Crippen molar-refractivity contribution in [2.75, 3.05) is 4.90 Å². The van der Waals surface area contributed by atoms with Crippen molar-refractivity contribution < 1.29 is 20.8 Å². The first-order valence-corrected chi connectivity index (χ1v) is 8.67. The van der Waals surface area contributed by atoms with Gasteiger partial charge >= 0.3 is 0 Å². The highest BCUT2D eigenvalue weighted by Crippen LogP contribution is 2.39. The third kappa shape index (κ3) is 2.77. The lowest BCUT2D eigenvalue weighted by Crippen LogP contribution is -2.40. The van der Waals surface area contributed by atoms with Gasteiger partial charge in [0.15, 0.2) is 11.6 Å². The molecule has 0 saturated heterocycles. The third-order valence-electron chi connectivity index (χ3n) is 4.62. The number of fused-ring (bicyclic) bond motifs is 3. The van der Waals surface area contributed by atoms with Gasteiger partial charge in [0.2, 0.25) is 5.95 Å². The van der Waals surface area contributed by atoms with E-state index in [9.17, 15) is 4.39 Å². The van der Waals surface area contributed by atoms with E-state index in [4.69, 9.17) is 16.4 Å². The van der Waals surface area contributed by atoms with Crippen molar-refractivity contribution in [1.29, 1.82) is 0 Å². The maximum atomic E-state index is 14.0. The Hall–Kier alpha value is -3.62. The second-order valence-corrected chi connectivity index (χ2v) is 6.33. The number of hydrogen-bond acceptors (Lipinski definition) is 6. The van der Waals surface area contributed by atoms with Crippen LogP contribution >= 0.6 is 0 Å². The molecule has 0 amide bonds. The molecule has 0 radical (unpaired) electrons. The average molecular weight is 417 g/mol. The molecule has 9 heteroatoms. The fraction of sp³-hybridized carbons (Fsp3) is 0.286. The highest BCUT2D eigenvalue weighted by Gasteiger charge is 2.35. The van der Waals surface area contributed by atoms with Gasteiger partial charge < -0.3 is 4.90 Å². The molecule has 0 saturated carbocycles. The molecule has 1 aromatic carbocycles. The zero-order valence-corrected chi connectivity index (χ0v) is 15.2. The molecule has 4 heterocycles. The van der Waals surface area contributed by atoms with E-state index in [1.165, 1.54) is 35.2 Å². The molecule has 152 valence electrons. The molecule has 8 nitrogen and oxygen atoms in total. The standard InChI is InChI=1S/C21H21FN8/c1-4-16-20-27-25-12-29(20)17-11-24-21(26-19(17)30(16)13(2)3)28-9-8-23-18(28)14-6-5-7-15(22)10-14/h5-13,16H,4H2,1-3H3/t16-/m1/s1/i1D3,2D3,3D3,4D2,13D. The zero-order chi connectivity index (χ0) is 31.0. The molecule has 5 rings (SSSR count). The molecule has 1 aliphatic heterocycles. The highest BCUT2D eigenvalue weighted by molar-refractivity contribution is 5.63. The number of halogens is 1. The first-order chi connectivity index (χ1) is 19.3. The number of hydrogen-bond donors (Lipinski definition) is 0. The maximum absolute atomic E-state index is 14.0. The minimum absolute atomic E-state index is 0.139. The first kappa shape index (κ1) is 9.46. The summed E-state index contributed by atoms with van der Waals surface area (Å²) in [6.07, 6.45) is 1.55. The number of benzene rings is 1. The molecular formula is C21H21FN8. The van der Waals surface area contributed by atoms with E-state index < -0.39 is 56.4 Å². The third-order valence-corrected chi connectivity index (χ3v) is 4.62. The number of anilines is 1. The van der Waals surface area contributed by atoms with Crippen molar-refractivity contribution in [3.05, 3.63) is 60.8 Å². The van der Waals surface area contributed by atoms with E-state index in [-0.39, 0.29) is 17.5 Å². The Balaban J connectivity index is 1.85. The molecule has 4 aromatic rings. The zero-order valence-electron chi connectivity index (χ0n) is 27.2. The molecule has 0 N–H and O–H groups in total. The molecule has 1 atom stereocenters. The van der Waals surface area contributed by atoms with Crippen LogP contribution in [0.15, 0.2) is 49.2 Å². The summed E-state index contributed by atoms with van der Waals surface area (Å²) in [5.74, 6) is -1.75. The minimum Gasteiger partial charge on any atom is -0.342 e. The summed E-state index contributed by atoms with van der Waals surface area (Å²) in [6, 6.07) is -0.555. The Bertz CT molecular complexity index is 1630. The molecular weight excluding hydrogens is 383 g/mol. The molecule has 0 fully saturated rings. The van der Waals surface area contributed by atoms with Gasteiger partial charge in [-0.25, -0.2) is 14.4 Å². The summed E-state index contributed by atoms with van der Waals surface area (Å²) in [5, 5.41) is 7.51. The molecule has 3 aromatic heterocycles. The van der Waals surface area contributed by atoms with Crippen LogP contribution in [0.5, 0.6) is 0 Å². The van der Waals surface area contributed by atoms with E-state index in [0.29, 0.717) is 10.5 Å². The van der Waals surface area contributed by atoms with E-state index in [2.05, 4.69) is 25.1 Å². The Morgan fingerprint density at radius 2 is 2.23 bits per heavy atom. The van der Waals surface area contributed by atoms with Gasteiger partial charge in [-0.3, -0.25) is 9.13 Å². The predicted molar refractivity (Wildman–Crippen MR) is 110 cm³/mol. The highest BCUT2D eigenvalue weighted by atomic mass is 19.1. The molecule has 1 aliphatic rings. The van der Waals surface area contributed by atoms with Gasteiger partial charge in [0, 0.05) is 39.1 Å². The van der Waals surface area contributed by atoms with E-state index >= 15 is 0 Å². The van der Waals surface area contributed by atoms with E-state index in [1.807, 2.05) is 0 Å². The number of aromatic nitrogens is 7. The van der Waals surface area contributed by atoms with Gasteiger partial charge in [0.05, 0.1) is 13.6 Å². The predicted octanol–water partition coefficient (Wildman–Crippen LogP) is 3.73. The fourth-order valence-corrected chi connectivity index (χ4v) is 3.34. The van der Waals surface area contributed by atoms with Crippen molar-refractivity contribution in [3.8, 4) is 23.0 Å². The van der Waals surface area contributed by atoms with Gasteiger partial charge in [-0.2, -0.15) is 4.98 Å². The Kier molecular flexibility index (Phi) is 2.21. The van der Waals surface area contributed by atoms with Crippen LogP contribution in [0, 0.1) is 5.82 Å². The smallest absolute Gasteiger partial charge is 0.237 e. The van der Waals surface area contributed by atoms with Crippen LogP contribution in [0.2, 0.25) is 0 Å². The van der Waals surface area contributed by atoms with Crippen LogP contribution in [0.25, 0.3) is 23.0 Å². The topological polar surface area (TPSA) is 77.5 Å². The van der Waals surface area contributed by atoms with Crippen LogP contribution in [0.4, 0.5) is 10.2 Å². The van der Waals surface area contributed by atoms with Gasteiger partial charge in [0.25, 0.3) is 0 Å². The maximum Gasteiger partial charge on any atom is 0.237 e. The summed E-state index contributed by atoms with van der Waals surface area (Å²) in [4.78, 5) is 13.2. The Morgan fingerprint density at radius 1 is 1.30 bits per heavy atom. The summed E-state index contributed by atoms with van der Waals surface area (Å²) in [6.45, 7) is -10.8. The lowest BCUT2D eigenvalue weighted by Gasteiger charge is -2.39. The van der Waals surface area contributed by atoms with Crippen molar-refractivity contribution in [2.24, 2.45) is 0 Å². The minimum atomic E-state index is -3.67. The molecule has 30 heavy (non-hydrogen) atoms. The molecule has 0 spiro atoms. The normalized spacial score (nSPS) is 23.4. The molecule has 0 bridgehead atoms. The Labute approximate surface area is 189 Å². The number of nitrogens with zero attached hydrogens (tertiary/aromatic N) is 8. The van der Waals surface area contributed by atoms with E-state index in [0.717, 1.165) is 17.1 Å². The lowest BCUT2D eigenvalue weighted by atomic mass is 10.1. The summed E-state index contributed by atoms with van der Waals surface area (Å²) >= 11 is 0. The van der Waals surface area contributed by atoms with Gasteiger partial charge in [-0.05, 0) is 32.2 Å². The average Bonchev–Trinajstić information content (AvgIpc) is 3.55. The van der Waals surface area contributed by atoms with Gasteiger partial charge in [-0.15, -0.1) is 10.2 Å². The lowest BCUT2D eigenvalue weighted by molar-refractivity contribution is 0.497. The van der Waals surface area contributed by atoms with Crippen LogP contribution in [-0.4, -0.2) is 40.3 Å². The van der Waals surface area contributed by atoms with Crippen LogP contribution in [0.3, 0.4) is 0 Å². The number of rotatable bonds is 4.